The normalized spacial score (nSPS) is 21.5. The van der Waals surface area contributed by atoms with Crippen LogP contribution in [0.2, 0.25) is 0 Å². The zero-order valence-electron chi connectivity index (χ0n) is 25.5. The number of aromatic nitrogens is 3. The lowest BCUT2D eigenvalue weighted by molar-refractivity contribution is -0.185. The van der Waals surface area contributed by atoms with Crippen LogP contribution in [0.25, 0.3) is 5.52 Å². The Labute approximate surface area is 268 Å². The number of nitrogen functional groups attached to an aromatic ring is 1. The molecule has 256 valence electrons. The number of ether oxygens (including phenoxy) is 2. The second-order valence-corrected chi connectivity index (χ2v) is 12.9. The van der Waals surface area contributed by atoms with Crippen molar-refractivity contribution in [1.29, 1.82) is 5.26 Å². The van der Waals surface area contributed by atoms with Gasteiger partial charge in [-0.2, -0.15) is 28.6 Å². The van der Waals surface area contributed by atoms with E-state index in [1.807, 2.05) is 0 Å². The van der Waals surface area contributed by atoms with Crippen molar-refractivity contribution >= 4 is 25.1 Å². The van der Waals surface area contributed by atoms with Gasteiger partial charge in [-0.15, -0.1) is 0 Å². The highest BCUT2D eigenvalue weighted by atomic mass is 31.2. The Bertz CT molecular complexity index is 1600. The van der Waals surface area contributed by atoms with Gasteiger partial charge in [0.15, 0.2) is 5.82 Å². The van der Waals surface area contributed by atoms with Gasteiger partial charge in [0.05, 0.1) is 18.2 Å². The van der Waals surface area contributed by atoms with Crippen LogP contribution in [0, 0.1) is 23.2 Å². The molecule has 0 saturated heterocycles. The number of nitrogens with two attached hydrogens (primary N) is 1. The van der Waals surface area contributed by atoms with Crippen molar-refractivity contribution in [3.63, 3.8) is 0 Å². The summed E-state index contributed by atoms with van der Waals surface area (Å²) >= 11 is 0. The highest BCUT2D eigenvalue weighted by molar-refractivity contribution is 7.52. The number of esters is 1. The van der Waals surface area contributed by atoms with E-state index in [1.54, 1.807) is 24.3 Å². The lowest BCUT2D eigenvalue weighted by Gasteiger charge is -2.34. The Balaban J connectivity index is 1.47. The Morgan fingerprint density at radius 3 is 2.49 bits per heavy atom. The van der Waals surface area contributed by atoms with Crippen LogP contribution < -0.4 is 15.3 Å². The van der Waals surface area contributed by atoms with Crippen LogP contribution in [-0.2, 0) is 23.4 Å². The number of methoxy groups -OCH3 is 1. The first-order valence-electron chi connectivity index (χ1n) is 14.6. The fourth-order valence-corrected chi connectivity index (χ4v) is 6.71. The molecule has 1 aromatic carbocycles. The molecule has 3 aromatic rings. The standard InChI is InChI=1S/C29H36F3N6O8P/c1-18(27(41)44-14-19-8-10-20(11-9-19)29(30,31)32)37-47(42,46-21-6-4-3-5-7-21)45-16-28(15-33,43-2)25(40)24(39)22-12-13-23-26(34)35-17-36-38(22)23/h3-7,12-13,17-20,24-25,39-40H,8-11,14,16H2,1-2H3,(H,37,42)(H2,34,35,36)/t18-,19?,20?,24-,25-,28+,47?/m0/s1. The number of alkyl halides is 3. The lowest BCUT2D eigenvalue weighted by atomic mass is 9.82. The second-order valence-electron chi connectivity index (χ2n) is 11.2. The first kappa shape index (κ1) is 36.1. The highest BCUT2D eigenvalue weighted by Crippen LogP contribution is 2.46. The summed E-state index contributed by atoms with van der Waals surface area (Å²) in [6, 6.07) is 11.1. The number of aliphatic hydroxyl groups is 2. The number of nitriles is 1. The van der Waals surface area contributed by atoms with Crippen LogP contribution in [0.15, 0.2) is 48.8 Å². The number of halogens is 3. The van der Waals surface area contributed by atoms with Crippen molar-refractivity contribution in [2.75, 3.05) is 26.1 Å². The van der Waals surface area contributed by atoms with E-state index in [2.05, 4.69) is 15.2 Å². The summed E-state index contributed by atoms with van der Waals surface area (Å²) in [5, 5.41) is 38.8. The third kappa shape index (κ3) is 8.58. The predicted octanol–water partition coefficient (Wildman–Crippen LogP) is 3.71. The molecule has 1 saturated carbocycles. The summed E-state index contributed by atoms with van der Waals surface area (Å²) in [6.45, 7) is 0.251. The number of nitrogens with zero attached hydrogens (tertiary/aromatic N) is 4. The first-order valence-corrected chi connectivity index (χ1v) is 16.2. The average molecular weight is 685 g/mol. The summed E-state index contributed by atoms with van der Waals surface area (Å²) in [5.74, 6) is -2.36. The molecule has 4 rings (SSSR count). The van der Waals surface area contributed by atoms with Crippen LogP contribution >= 0.6 is 7.75 Å². The third-order valence-corrected chi connectivity index (χ3v) is 9.66. The number of carbonyl (C=O) groups is 1. The number of hydrogen-bond donors (Lipinski definition) is 4. The molecule has 2 aromatic heterocycles. The summed E-state index contributed by atoms with van der Waals surface area (Å²) in [6.07, 6.45) is -6.58. The number of anilines is 1. The van der Waals surface area contributed by atoms with Gasteiger partial charge in [-0.25, -0.2) is 14.1 Å². The monoisotopic (exact) mass is 684 g/mol. The van der Waals surface area contributed by atoms with Crippen molar-refractivity contribution in [1.82, 2.24) is 19.7 Å². The summed E-state index contributed by atoms with van der Waals surface area (Å²) in [4.78, 5) is 16.7. The van der Waals surface area contributed by atoms with Gasteiger partial charge in [0, 0.05) is 7.11 Å². The van der Waals surface area contributed by atoms with Crippen molar-refractivity contribution < 1.29 is 51.3 Å². The molecule has 0 radical (unpaired) electrons. The fraction of sp³-hybridized carbons (Fsp3) is 0.517. The minimum Gasteiger partial charge on any atom is -0.464 e. The molecule has 1 fully saturated rings. The van der Waals surface area contributed by atoms with Crippen molar-refractivity contribution in [2.45, 2.75) is 62.6 Å². The minimum absolute atomic E-state index is 0.0309. The number of rotatable bonds is 14. The van der Waals surface area contributed by atoms with E-state index in [0.717, 1.165) is 13.4 Å². The van der Waals surface area contributed by atoms with Gasteiger partial charge in [0.1, 0.15) is 48.5 Å². The fourth-order valence-electron chi connectivity index (χ4n) is 5.19. The summed E-state index contributed by atoms with van der Waals surface area (Å²) in [7, 11) is -3.51. The van der Waals surface area contributed by atoms with Crippen LogP contribution in [0.4, 0.5) is 19.0 Å². The minimum atomic E-state index is -4.57. The number of carbonyl (C=O) groups excluding carboxylic acids is 1. The van der Waals surface area contributed by atoms with Gasteiger partial charge in [-0.05, 0) is 62.8 Å². The van der Waals surface area contributed by atoms with Crippen LogP contribution in [-0.4, -0.2) is 75.0 Å². The van der Waals surface area contributed by atoms with Crippen molar-refractivity contribution in [3.8, 4) is 11.8 Å². The SMILES string of the molecule is CO[C@](C#N)(COP(=O)(N[C@@H](C)C(=O)OCC1CCC(C(F)(F)F)CC1)Oc1ccccc1)[C@@H](O)[C@@H](O)c1ccc2c(N)ncnn12. The quantitative estimate of drug-likeness (QED) is 0.141. The number of para-hydroxylation sites is 1. The van der Waals surface area contributed by atoms with Crippen LogP contribution in [0.3, 0.4) is 0 Å². The molecular formula is C29H36F3N6O8P. The molecule has 1 aliphatic rings. The molecule has 0 spiro atoms. The van der Waals surface area contributed by atoms with E-state index in [4.69, 9.17) is 24.3 Å². The number of nitrogens with one attached hydrogen (secondary N) is 1. The molecule has 0 amide bonds. The largest absolute Gasteiger partial charge is 0.464 e. The molecule has 14 nitrogen and oxygen atoms in total. The average Bonchev–Trinajstić information content (AvgIpc) is 3.49. The van der Waals surface area contributed by atoms with E-state index in [1.165, 1.54) is 35.7 Å². The second kappa shape index (κ2) is 15.0. The third-order valence-electron chi connectivity index (χ3n) is 8.04. The van der Waals surface area contributed by atoms with Crippen LogP contribution in [0.1, 0.15) is 44.4 Å². The Morgan fingerprint density at radius 1 is 1.19 bits per heavy atom. The lowest BCUT2D eigenvalue weighted by Crippen LogP contribution is -2.50. The van der Waals surface area contributed by atoms with E-state index >= 15 is 0 Å². The molecule has 0 aliphatic heterocycles. The number of hydrogen-bond acceptors (Lipinski definition) is 12. The number of fused-ring (bicyclic) bond motifs is 1. The van der Waals surface area contributed by atoms with Gasteiger partial charge in [-0.3, -0.25) is 9.32 Å². The Morgan fingerprint density at radius 2 is 1.87 bits per heavy atom. The van der Waals surface area contributed by atoms with E-state index in [9.17, 15) is 38.0 Å². The van der Waals surface area contributed by atoms with Gasteiger partial charge in [0.2, 0.25) is 5.60 Å². The molecule has 0 bridgehead atoms. The zero-order chi connectivity index (χ0) is 34.4. The topological polar surface area (TPSA) is 204 Å². The molecule has 2 heterocycles. The zero-order valence-corrected chi connectivity index (χ0v) is 26.4. The molecule has 1 aliphatic carbocycles. The Hall–Kier alpha value is -3.78. The maximum Gasteiger partial charge on any atom is 0.459 e. The molecule has 5 atom stereocenters. The maximum atomic E-state index is 14.0. The van der Waals surface area contributed by atoms with Gasteiger partial charge < -0.3 is 29.9 Å². The number of aliphatic hydroxyl groups excluding tert-OH is 2. The van der Waals surface area contributed by atoms with Gasteiger partial charge in [-0.1, -0.05) is 18.2 Å². The summed E-state index contributed by atoms with van der Waals surface area (Å²) < 4.78 is 76.0. The van der Waals surface area contributed by atoms with Gasteiger partial charge in [0.25, 0.3) is 0 Å². The molecule has 47 heavy (non-hydrogen) atoms. The highest BCUT2D eigenvalue weighted by Gasteiger charge is 2.47. The van der Waals surface area contributed by atoms with E-state index in [0.29, 0.717) is 5.52 Å². The first-order chi connectivity index (χ1) is 22.2. The van der Waals surface area contributed by atoms with E-state index in [-0.39, 0.29) is 55.5 Å². The van der Waals surface area contributed by atoms with Crippen LogP contribution in [0.5, 0.6) is 5.75 Å². The summed E-state index contributed by atoms with van der Waals surface area (Å²) in [5.41, 5.74) is 3.86. The van der Waals surface area contributed by atoms with E-state index < -0.39 is 56.3 Å². The number of benzene rings is 1. The van der Waals surface area contributed by atoms with Gasteiger partial charge >= 0.3 is 19.9 Å². The molecular weight excluding hydrogens is 648 g/mol. The van der Waals surface area contributed by atoms with Crippen molar-refractivity contribution in [3.05, 3.63) is 54.5 Å². The molecule has 18 heteroatoms. The Kier molecular flexibility index (Phi) is 11.5. The molecule has 1 unspecified atom stereocenters. The predicted molar refractivity (Wildman–Crippen MR) is 159 cm³/mol. The molecule has 5 N–H and O–H groups in total. The maximum absolute atomic E-state index is 14.0. The smallest absolute Gasteiger partial charge is 0.459 e. The van der Waals surface area contributed by atoms with Crippen molar-refractivity contribution in [2.24, 2.45) is 11.8 Å².